The van der Waals surface area contributed by atoms with E-state index in [2.05, 4.69) is 18.7 Å². The summed E-state index contributed by atoms with van der Waals surface area (Å²) in [7, 11) is 1.82. The summed E-state index contributed by atoms with van der Waals surface area (Å²) in [5.74, 6) is 0.815. The van der Waals surface area contributed by atoms with Gasteiger partial charge in [0, 0.05) is 31.0 Å². The topological polar surface area (TPSA) is 49.6 Å². The molecule has 1 aliphatic heterocycles. The van der Waals surface area contributed by atoms with Crippen LogP contribution in [0.5, 0.6) is 0 Å². The molecule has 0 bridgehead atoms. The number of carbonyl (C=O) groups excluding carboxylic acids is 1. The molecule has 19 heavy (non-hydrogen) atoms. The molecule has 1 heterocycles. The lowest BCUT2D eigenvalue weighted by Gasteiger charge is -2.24. The number of benzene rings is 1. The number of hydrogen-bond acceptors (Lipinski definition) is 3. The molecular weight excluding hydrogens is 238 g/mol. The van der Waals surface area contributed by atoms with E-state index in [-0.39, 0.29) is 5.91 Å². The third kappa shape index (κ3) is 3.26. The van der Waals surface area contributed by atoms with Crippen LogP contribution in [0.3, 0.4) is 0 Å². The molecule has 0 aliphatic carbocycles. The molecule has 1 aliphatic rings. The lowest BCUT2D eigenvalue weighted by Crippen LogP contribution is -2.40. The van der Waals surface area contributed by atoms with Crippen molar-refractivity contribution in [3.63, 3.8) is 0 Å². The second kappa shape index (κ2) is 5.61. The van der Waals surface area contributed by atoms with E-state index in [1.807, 2.05) is 31.3 Å². The first-order valence-electron chi connectivity index (χ1n) is 6.83. The van der Waals surface area contributed by atoms with Crippen LogP contribution in [0.2, 0.25) is 0 Å². The fraction of sp³-hybridized carbons (Fsp3) is 0.533. The van der Waals surface area contributed by atoms with Gasteiger partial charge in [0.25, 0.3) is 0 Å². The Morgan fingerprint density at radius 1 is 1.37 bits per heavy atom. The number of amides is 1. The highest BCUT2D eigenvalue weighted by Crippen LogP contribution is 2.22. The van der Waals surface area contributed by atoms with Gasteiger partial charge in [-0.3, -0.25) is 9.69 Å². The summed E-state index contributed by atoms with van der Waals surface area (Å²) >= 11 is 0. The van der Waals surface area contributed by atoms with Crippen molar-refractivity contribution in [1.29, 1.82) is 0 Å². The quantitative estimate of drug-likeness (QED) is 0.846. The minimum Gasteiger partial charge on any atom is -0.399 e. The summed E-state index contributed by atoms with van der Waals surface area (Å²) < 4.78 is 0. The summed E-state index contributed by atoms with van der Waals surface area (Å²) in [6.07, 6.45) is 1.18. The van der Waals surface area contributed by atoms with E-state index >= 15 is 0 Å². The van der Waals surface area contributed by atoms with Crippen LogP contribution >= 0.6 is 0 Å². The molecule has 0 spiro atoms. The maximum absolute atomic E-state index is 12.3. The summed E-state index contributed by atoms with van der Waals surface area (Å²) in [6, 6.07) is 7.89. The number of anilines is 2. The molecular formula is C15H23N3O. The van der Waals surface area contributed by atoms with E-state index in [9.17, 15) is 4.79 Å². The minimum absolute atomic E-state index is 0.130. The molecule has 1 aromatic carbocycles. The van der Waals surface area contributed by atoms with Crippen LogP contribution in [0.1, 0.15) is 20.3 Å². The van der Waals surface area contributed by atoms with Crippen molar-refractivity contribution >= 4 is 17.3 Å². The van der Waals surface area contributed by atoms with Gasteiger partial charge in [0.2, 0.25) is 5.91 Å². The number of likely N-dealkylation sites (N-methyl/N-ethyl adjacent to an activating group) is 1. The molecule has 4 heteroatoms. The van der Waals surface area contributed by atoms with E-state index in [0.29, 0.717) is 24.2 Å². The summed E-state index contributed by atoms with van der Waals surface area (Å²) in [4.78, 5) is 16.3. The number of nitrogens with two attached hydrogens (primary N) is 1. The first-order chi connectivity index (χ1) is 8.97. The molecule has 1 aromatic rings. The van der Waals surface area contributed by atoms with Gasteiger partial charge in [-0.1, -0.05) is 6.92 Å². The highest BCUT2D eigenvalue weighted by molar-refractivity contribution is 5.94. The molecule has 4 nitrogen and oxygen atoms in total. The third-order valence-corrected chi connectivity index (χ3v) is 3.91. The zero-order valence-electron chi connectivity index (χ0n) is 12.0. The Hall–Kier alpha value is -1.55. The normalized spacial score (nSPS) is 23.5. The molecule has 104 valence electrons. The fourth-order valence-corrected chi connectivity index (χ4v) is 2.73. The lowest BCUT2D eigenvalue weighted by atomic mass is 10.1. The molecule has 1 fully saturated rings. The van der Waals surface area contributed by atoms with Crippen LogP contribution in [0.4, 0.5) is 11.4 Å². The zero-order valence-corrected chi connectivity index (χ0v) is 12.0. The lowest BCUT2D eigenvalue weighted by molar-refractivity contribution is -0.119. The number of likely N-dealkylation sites (tertiary alicyclic amines) is 1. The van der Waals surface area contributed by atoms with Crippen LogP contribution in [0, 0.1) is 5.92 Å². The Bertz CT molecular complexity index is 443. The van der Waals surface area contributed by atoms with Gasteiger partial charge < -0.3 is 10.6 Å². The molecule has 0 aromatic heterocycles. The van der Waals surface area contributed by atoms with Crippen molar-refractivity contribution in [3.05, 3.63) is 24.3 Å². The van der Waals surface area contributed by atoms with Gasteiger partial charge in [0.1, 0.15) is 0 Å². The summed E-state index contributed by atoms with van der Waals surface area (Å²) in [5, 5.41) is 0. The molecule has 0 radical (unpaired) electrons. The average Bonchev–Trinajstić information content (AvgIpc) is 2.68. The fourth-order valence-electron chi connectivity index (χ4n) is 2.73. The maximum atomic E-state index is 12.3. The Labute approximate surface area is 115 Å². The van der Waals surface area contributed by atoms with Gasteiger partial charge in [-0.2, -0.15) is 0 Å². The average molecular weight is 261 g/mol. The zero-order chi connectivity index (χ0) is 14.0. The number of nitrogens with zero attached hydrogens (tertiary/aromatic N) is 2. The monoisotopic (exact) mass is 261 g/mol. The number of carbonyl (C=O) groups is 1. The molecule has 2 N–H and O–H groups in total. The second-order valence-corrected chi connectivity index (χ2v) is 5.66. The summed E-state index contributed by atoms with van der Waals surface area (Å²) in [6.45, 7) is 5.94. The Morgan fingerprint density at radius 3 is 2.53 bits per heavy atom. The van der Waals surface area contributed by atoms with Crippen LogP contribution in [0.15, 0.2) is 24.3 Å². The van der Waals surface area contributed by atoms with Gasteiger partial charge in [-0.15, -0.1) is 0 Å². The molecule has 1 saturated heterocycles. The van der Waals surface area contributed by atoms with Crippen molar-refractivity contribution in [1.82, 2.24) is 4.90 Å². The number of hydrogen-bond donors (Lipinski definition) is 1. The van der Waals surface area contributed by atoms with Gasteiger partial charge >= 0.3 is 0 Å². The predicted octanol–water partition coefficient (Wildman–Crippen LogP) is 1.96. The number of rotatable bonds is 3. The van der Waals surface area contributed by atoms with Crippen LogP contribution < -0.4 is 10.6 Å². The Kier molecular flexibility index (Phi) is 4.10. The van der Waals surface area contributed by atoms with Crippen molar-refractivity contribution in [3.8, 4) is 0 Å². The van der Waals surface area contributed by atoms with Crippen molar-refractivity contribution in [2.75, 3.05) is 30.8 Å². The van der Waals surface area contributed by atoms with Gasteiger partial charge in [0.15, 0.2) is 0 Å². The van der Waals surface area contributed by atoms with E-state index in [0.717, 1.165) is 12.2 Å². The van der Waals surface area contributed by atoms with Crippen LogP contribution in [-0.2, 0) is 4.79 Å². The standard InChI is InChI=1S/C15H23N3O/c1-11-8-12(2)18(9-11)10-15(19)17(3)14-6-4-13(16)5-7-14/h4-7,11-12H,8-10,16H2,1-3H3. The summed E-state index contributed by atoms with van der Waals surface area (Å²) in [5.41, 5.74) is 7.26. The molecule has 0 saturated carbocycles. The van der Waals surface area contributed by atoms with Crippen molar-refractivity contribution in [2.45, 2.75) is 26.3 Å². The largest absolute Gasteiger partial charge is 0.399 e. The second-order valence-electron chi connectivity index (χ2n) is 5.66. The van der Waals surface area contributed by atoms with E-state index in [1.165, 1.54) is 6.42 Å². The third-order valence-electron chi connectivity index (χ3n) is 3.91. The van der Waals surface area contributed by atoms with Crippen LogP contribution in [-0.4, -0.2) is 37.0 Å². The van der Waals surface area contributed by atoms with Crippen LogP contribution in [0.25, 0.3) is 0 Å². The minimum atomic E-state index is 0.130. The molecule has 2 atom stereocenters. The van der Waals surface area contributed by atoms with Gasteiger partial charge in [-0.05, 0) is 43.5 Å². The molecule has 2 rings (SSSR count). The van der Waals surface area contributed by atoms with E-state index < -0.39 is 0 Å². The maximum Gasteiger partial charge on any atom is 0.240 e. The van der Waals surface area contributed by atoms with Gasteiger partial charge in [0.05, 0.1) is 6.54 Å². The SMILES string of the molecule is CC1CC(C)N(CC(=O)N(C)c2ccc(N)cc2)C1. The highest BCUT2D eigenvalue weighted by atomic mass is 16.2. The molecule has 2 unspecified atom stereocenters. The van der Waals surface area contributed by atoms with Crippen molar-refractivity contribution in [2.24, 2.45) is 5.92 Å². The highest BCUT2D eigenvalue weighted by Gasteiger charge is 2.28. The predicted molar refractivity (Wildman–Crippen MR) is 79.1 cm³/mol. The first-order valence-corrected chi connectivity index (χ1v) is 6.83. The molecule has 1 amide bonds. The van der Waals surface area contributed by atoms with Gasteiger partial charge in [-0.25, -0.2) is 0 Å². The number of nitrogen functional groups attached to an aromatic ring is 1. The van der Waals surface area contributed by atoms with E-state index in [4.69, 9.17) is 5.73 Å². The van der Waals surface area contributed by atoms with Crippen molar-refractivity contribution < 1.29 is 4.79 Å². The first kappa shape index (κ1) is 13.9. The van der Waals surface area contributed by atoms with E-state index in [1.54, 1.807) is 4.90 Å². The Morgan fingerprint density at radius 2 is 2.00 bits per heavy atom. The smallest absolute Gasteiger partial charge is 0.240 e. The Balaban J connectivity index is 1.98.